The maximum Gasteiger partial charge on any atom is 0.263 e. The number of aliphatic imine (C=N–C) groups is 1. The van der Waals surface area contributed by atoms with Crippen molar-refractivity contribution in [2.45, 2.75) is 43.0 Å². The monoisotopic (exact) mass is 411 g/mol. The highest BCUT2D eigenvalue weighted by Gasteiger charge is 2.30. The van der Waals surface area contributed by atoms with Crippen molar-refractivity contribution in [1.29, 1.82) is 0 Å². The highest BCUT2D eigenvalue weighted by molar-refractivity contribution is 7.90. The SMILES string of the molecule is O=C(CN=C1NS(=O)(=O)c2ccccc21)NC(Cc1ccccc1)C1CCCC1. The van der Waals surface area contributed by atoms with Crippen LogP contribution >= 0.6 is 0 Å². The Morgan fingerprint density at radius 1 is 1.07 bits per heavy atom. The van der Waals surface area contributed by atoms with Crippen molar-refractivity contribution in [3.8, 4) is 0 Å². The molecule has 0 radical (unpaired) electrons. The van der Waals surface area contributed by atoms with Crippen LogP contribution in [0.1, 0.15) is 36.8 Å². The standard InChI is InChI=1S/C22H25N3O3S/c26-21(15-23-22-18-12-6-7-13-20(18)29(27,28)25-22)24-19(17-10-4-5-11-17)14-16-8-2-1-3-9-16/h1-3,6-9,12-13,17,19H,4-5,10-11,14-15H2,(H,23,25)(H,24,26). The van der Waals surface area contributed by atoms with Crippen LogP contribution in [0.5, 0.6) is 0 Å². The Kier molecular flexibility index (Phi) is 5.67. The summed E-state index contributed by atoms with van der Waals surface area (Å²) < 4.78 is 26.8. The van der Waals surface area contributed by atoms with E-state index in [9.17, 15) is 13.2 Å². The highest BCUT2D eigenvalue weighted by Crippen LogP contribution is 2.29. The second kappa shape index (κ2) is 8.37. The van der Waals surface area contributed by atoms with Crippen LogP contribution in [-0.2, 0) is 21.2 Å². The topological polar surface area (TPSA) is 87.6 Å². The second-order valence-electron chi connectivity index (χ2n) is 7.67. The zero-order valence-corrected chi connectivity index (χ0v) is 17.0. The molecular weight excluding hydrogens is 386 g/mol. The summed E-state index contributed by atoms with van der Waals surface area (Å²) in [6, 6.07) is 16.9. The molecule has 1 atom stereocenters. The van der Waals surface area contributed by atoms with Crippen LogP contribution in [0.4, 0.5) is 0 Å². The van der Waals surface area contributed by atoms with Crippen LogP contribution in [0.2, 0.25) is 0 Å². The maximum absolute atomic E-state index is 12.6. The quantitative estimate of drug-likeness (QED) is 0.766. The largest absolute Gasteiger partial charge is 0.351 e. The van der Waals surface area contributed by atoms with E-state index in [0.717, 1.165) is 19.3 Å². The molecule has 2 N–H and O–H groups in total. The molecule has 1 heterocycles. The molecule has 152 valence electrons. The lowest BCUT2D eigenvalue weighted by molar-refractivity contribution is -0.120. The third-order valence-electron chi connectivity index (χ3n) is 5.66. The number of carbonyl (C=O) groups excluding carboxylic acids is 1. The van der Waals surface area contributed by atoms with Gasteiger partial charge in [0.05, 0.1) is 4.90 Å². The van der Waals surface area contributed by atoms with Crippen molar-refractivity contribution in [1.82, 2.24) is 10.0 Å². The number of sulfonamides is 1. The zero-order chi connectivity index (χ0) is 20.3. The second-order valence-corrected chi connectivity index (χ2v) is 9.33. The van der Waals surface area contributed by atoms with Gasteiger partial charge in [-0.3, -0.25) is 14.5 Å². The van der Waals surface area contributed by atoms with E-state index in [2.05, 4.69) is 27.2 Å². The van der Waals surface area contributed by atoms with Gasteiger partial charge in [0.25, 0.3) is 10.0 Å². The van der Waals surface area contributed by atoms with E-state index >= 15 is 0 Å². The summed E-state index contributed by atoms with van der Waals surface area (Å²) in [4.78, 5) is 17.1. The Morgan fingerprint density at radius 2 is 1.76 bits per heavy atom. The number of fused-ring (bicyclic) bond motifs is 1. The number of nitrogens with zero attached hydrogens (tertiary/aromatic N) is 1. The third-order valence-corrected chi connectivity index (χ3v) is 7.05. The van der Waals surface area contributed by atoms with Gasteiger partial charge >= 0.3 is 0 Å². The van der Waals surface area contributed by atoms with Crippen LogP contribution in [0.3, 0.4) is 0 Å². The average Bonchev–Trinajstić information content (AvgIpc) is 3.34. The molecule has 4 rings (SSSR count). The van der Waals surface area contributed by atoms with Gasteiger partial charge in [-0.2, -0.15) is 0 Å². The molecule has 0 bridgehead atoms. The predicted octanol–water partition coefficient (Wildman–Crippen LogP) is 2.64. The van der Waals surface area contributed by atoms with Crippen LogP contribution in [-0.4, -0.2) is 32.7 Å². The van der Waals surface area contributed by atoms with Gasteiger partial charge < -0.3 is 5.32 Å². The first-order chi connectivity index (χ1) is 14.0. The van der Waals surface area contributed by atoms with E-state index in [0.29, 0.717) is 11.5 Å². The van der Waals surface area contributed by atoms with Gasteiger partial charge in [0.1, 0.15) is 12.4 Å². The number of nitrogens with one attached hydrogen (secondary N) is 2. The number of rotatable bonds is 6. The molecule has 1 saturated carbocycles. The maximum atomic E-state index is 12.6. The molecule has 0 spiro atoms. The number of carbonyl (C=O) groups is 1. The van der Waals surface area contributed by atoms with Crippen LogP contribution in [0, 0.1) is 5.92 Å². The summed E-state index contributed by atoms with van der Waals surface area (Å²) in [6.07, 6.45) is 5.45. The first-order valence-electron chi connectivity index (χ1n) is 10.0. The first kappa shape index (κ1) is 19.6. The first-order valence-corrected chi connectivity index (χ1v) is 11.5. The van der Waals surface area contributed by atoms with Gasteiger partial charge in [0.2, 0.25) is 5.91 Å². The van der Waals surface area contributed by atoms with Crippen molar-refractivity contribution in [3.05, 3.63) is 65.7 Å². The molecule has 2 aromatic carbocycles. The van der Waals surface area contributed by atoms with Crippen molar-refractivity contribution >= 4 is 21.8 Å². The fourth-order valence-corrected chi connectivity index (χ4v) is 5.47. The van der Waals surface area contributed by atoms with Crippen LogP contribution < -0.4 is 10.0 Å². The van der Waals surface area contributed by atoms with E-state index < -0.39 is 10.0 Å². The highest BCUT2D eigenvalue weighted by atomic mass is 32.2. The van der Waals surface area contributed by atoms with Crippen LogP contribution in [0.15, 0.2) is 64.5 Å². The Morgan fingerprint density at radius 3 is 2.52 bits per heavy atom. The summed E-state index contributed by atoms with van der Waals surface area (Å²) in [5.41, 5.74) is 1.71. The number of hydrogen-bond donors (Lipinski definition) is 2. The lowest BCUT2D eigenvalue weighted by atomic mass is 9.92. The third kappa shape index (κ3) is 4.50. The molecule has 2 aliphatic rings. The summed E-state index contributed by atoms with van der Waals surface area (Å²) in [5, 5.41) is 3.15. The van der Waals surface area contributed by atoms with Gasteiger partial charge in [-0.15, -0.1) is 0 Å². The van der Waals surface area contributed by atoms with E-state index in [1.54, 1.807) is 18.2 Å². The Bertz CT molecular complexity index is 1010. The fraction of sp³-hybridized carbons (Fsp3) is 0.364. The van der Waals surface area contributed by atoms with Crippen LogP contribution in [0.25, 0.3) is 0 Å². The van der Waals surface area contributed by atoms with Gasteiger partial charge in [-0.25, -0.2) is 8.42 Å². The fourth-order valence-electron chi connectivity index (χ4n) is 4.22. The molecule has 2 aromatic rings. The van der Waals surface area contributed by atoms with E-state index in [-0.39, 0.29) is 29.2 Å². The van der Waals surface area contributed by atoms with Crippen molar-refractivity contribution in [3.63, 3.8) is 0 Å². The minimum Gasteiger partial charge on any atom is -0.351 e. The zero-order valence-electron chi connectivity index (χ0n) is 16.2. The van der Waals surface area contributed by atoms with Crippen molar-refractivity contribution in [2.24, 2.45) is 10.9 Å². The molecule has 1 fully saturated rings. The summed E-state index contributed by atoms with van der Waals surface area (Å²) >= 11 is 0. The molecule has 0 aromatic heterocycles. The normalized spacial score (nSPS) is 20.2. The lowest BCUT2D eigenvalue weighted by Crippen LogP contribution is -2.42. The number of amides is 1. The Labute approximate surface area is 171 Å². The smallest absolute Gasteiger partial charge is 0.263 e. The summed E-state index contributed by atoms with van der Waals surface area (Å²) in [6.45, 7) is -0.107. The van der Waals surface area contributed by atoms with E-state index in [1.165, 1.54) is 24.5 Å². The number of amidine groups is 1. The molecular formula is C22H25N3O3S. The van der Waals surface area contributed by atoms with E-state index in [1.807, 2.05) is 18.2 Å². The minimum absolute atomic E-state index is 0.0696. The molecule has 1 unspecified atom stereocenters. The predicted molar refractivity (Wildman–Crippen MR) is 112 cm³/mol. The van der Waals surface area contributed by atoms with E-state index in [4.69, 9.17) is 0 Å². The summed E-state index contributed by atoms with van der Waals surface area (Å²) in [7, 11) is -3.59. The lowest BCUT2D eigenvalue weighted by Gasteiger charge is -2.24. The molecule has 0 saturated heterocycles. The molecule has 29 heavy (non-hydrogen) atoms. The average molecular weight is 412 g/mol. The van der Waals surface area contributed by atoms with Crippen molar-refractivity contribution < 1.29 is 13.2 Å². The Hall–Kier alpha value is -2.67. The molecule has 7 heteroatoms. The Balaban J connectivity index is 1.45. The van der Waals surface area contributed by atoms with Gasteiger partial charge in [0.15, 0.2) is 0 Å². The summed E-state index contributed by atoms with van der Waals surface area (Å²) in [5.74, 6) is 0.516. The van der Waals surface area contributed by atoms with Gasteiger partial charge in [0, 0.05) is 11.6 Å². The van der Waals surface area contributed by atoms with Gasteiger partial charge in [-0.1, -0.05) is 55.3 Å². The minimum atomic E-state index is -3.59. The molecule has 6 nitrogen and oxygen atoms in total. The number of benzene rings is 2. The number of hydrogen-bond acceptors (Lipinski definition) is 4. The van der Waals surface area contributed by atoms with Gasteiger partial charge in [-0.05, 0) is 42.9 Å². The molecule has 1 amide bonds. The molecule has 1 aliphatic heterocycles. The molecule has 1 aliphatic carbocycles. The van der Waals surface area contributed by atoms with Crippen molar-refractivity contribution in [2.75, 3.05) is 6.54 Å².